The van der Waals surface area contributed by atoms with Gasteiger partial charge in [0, 0.05) is 25.3 Å². The Hall–Kier alpha value is -2.12. The summed E-state index contributed by atoms with van der Waals surface area (Å²) in [6.07, 6.45) is 2.31. The van der Waals surface area contributed by atoms with Crippen molar-refractivity contribution < 1.29 is 24.2 Å². The van der Waals surface area contributed by atoms with Crippen LogP contribution in [0.1, 0.15) is 44.2 Å². The van der Waals surface area contributed by atoms with Gasteiger partial charge in [-0.1, -0.05) is 19.1 Å². The number of amides is 1. The Balaban J connectivity index is 1.90. The average molecular weight is 390 g/mol. The molecule has 2 aliphatic heterocycles. The lowest BCUT2D eigenvalue weighted by molar-refractivity contribution is -0.150. The number of nitrogens with one attached hydrogen (secondary N) is 1. The Morgan fingerprint density at radius 2 is 1.93 bits per heavy atom. The maximum atomic E-state index is 13.2. The van der Waals surface area contributed by atoms with Gasteiger partial charge in [-0.05, 0) is 50.4 Å². The third-order valence-electron chi connectivity index (χ3n) is 6.38. The number of carbonyl (C=O) groups is 2. The third kappa shape index (κ3) is 3.73. The fourth-order valence-corrected chi connectivity index (χ4v) is 4.58. The van der Waals surface area contributed by atoms with E-state index in [1.165, 1.54) is 0 Å². The largest absolute Gasteiger partial charge is 0.497 e. The lowest BCUT2D eigenvalue weighted by Gasteiger charge is -2.34. The second kappa shape index (κ2) is 8.49. The molecule has 2 N–H and O–H groups in total. The number of aliphatic carboxylic acids is 1. The summed E-state index contributed by atoms with van der Waals surface area (Å²) in [6, 6.07) is 7.32. The first-order valence-electron chi connectivity index (χ1n) is 9.91. The molecular formula is C21H30N2O5. The van der Waals surface area contributed by atoms with Crippen molar-refractivity contribution in [3.63, 3.8) is 0 Å². The number of likely N-dealkylation sites (tertiary alicyclic amines) is 1. The first kappa shape index (κ1) is 20.6. The molecule has 2 heterocycles. The number of carbonyl (C=O) groups excluding carboxylic acids is 1. The van der Waals surface area contributed by atoms with E-state index in [9.17, 15) is 14.7 Å². The van der Waals surface area contributed by atoms with Crippen molar-refractivity contribution in [1.29, 1.82) is 0 Å². The van der Waals surface area contributed by atoms with Crippen LogP contribution in [0.2, 0.25) is 0 Å². The summed E-state index contributed by atoms with van der Waals surface area (Å²) in [4.78, 5) is 27.3. The minimum atomic E-state index is -1.05. The molecule has 1 aromatic rings. The van der Waals surface area contributed by atoms with Crippen LogP contribution in [0.25, 0.3) is 0 Å². The molecular weight excluding hydrogens is 360 g/mol. The first-order valence-corrected chi connectivity index (χ1v) is 9.91. The molecule has 3 rings (SSSR count). The summed E-state index contributed by atoms with van der Waals surface area (Å²) < 4.78 is 10.6. The van der Waals surface area contributed by atoms with Crippen LogP contribution < -0.4 is 10.1 Å². The summed E-state index contributed by atoms with van der Waals surface area (Å²) in [5.74, 6) is -0.654. The van der Waals surface area contributed by atoms with Gasteiger partial charge in [0.25, 0.3) is 0 Å². The summed E-state index contributed by atoms with van der Waals surface area (Å²) in [5, 5.41) is 13.1. The van der Waals surface area contributed by atoms with Gasteiger partial charge in [-0.15, -0.1) is 0 Å². The van der Waals surface area contributed by atoms with E-state index in [-0.39, 0.29) is 18.0 Å². The zero-order valence-electron chi connectivity index (χ0n) is 16.8. The normalized spacial score (nSPS) is 28.8. The van der Waals surface area contributed by atoms with Crippen LogP contribution in [0.15, 0.2) is 24.3 Å². The second-order valence-corrected chi connectivity index (χ2v) is 7.73. The van der Waals surface area contributed by atoms with E-state index >= 15 is 0 Å². The molecule has 7 heteroatoms. The number of likely N-dealkylation sites (N-methyl/N-ethyl adjacent to an activating group) is 1. The Morgan fingerprint density at radius 1 is 1.29 bits per heavy atom. The minimum Gasteiger partial charge on any atom is -0.497 e. The number of hydrogen-bond acceptors (Lipinski definition) is 5. The molecule has 2 saturated heterocycles. The van der Waals surface area contributed by atoms with Gasteiger partial charge < -0.3 is 19.9 Å². The molecule has 154 valence electrons. The summed E-state index contributed by atoms with van der Waals surface area (Å²) in [7, 11) is 3.42. The standard InChI is InChI=1S/C21H30N2O5/c1-4-21(20(25)26)13-17(19(24)22-15-9-11-28-12-10-15)18(23(21)2)14-5-7-16(27-3)8-6-14/h5-8,15,17-18H,4,9-13H2,1-3H3,(H,22,24)(H,25,26)/t17-,18-,21-/m1/s1. The number of carboxylic acid groups (broad SMARTS) is 1. The SMILES string of the molecule is CC[C@]1(C(=O)O)C[C@@H](C(=O)NC2CCOCC2)[C@@H](c2ccc(OC)cc2)N1C. The molecule has 0 saturated carbocycles. The quantitative estimate of drug-likeness (QED) is 0.774. The van der Waals surface area contributed by atoms with Crippen molar-refractivity contribution in [3.05, 3.63) is 29.8 Å². The summed E-state index contributed by atoms with van der Waals surface area (Å²) in [6.45, 7) is 3.16. The van der Waals surface area contributed by atoms with Gasteiger partial charge in [-0.2, -0.15) is 0 Å². The Bertz CT molecular complexity index is 701. The first-order chi connectivity index (χ1) is 13.4. The van der Waals surface area contributed by atoms with Gasteiger partial charge in [0.1, 0.15) is 11.3 Å². The number of rotatable bonds is 6. The number of ether oxygens (including phenoxy) is 2. The van der Waals surface area contributed by atoms with Crippen molar-refractivity contribution in [2.75, 3.05) is 27.4 Å². The molecule has 1 amide bonds. The minimum absolute atomic E-state index is 0.0730. The Kier molecular flexibility index (Phi) is 6.25. The number of carboxylic acids is 1. The highest BCUT2D eigenvalue weighted by Gasteiger charge is 2.56. The van der Waals surface area contributed by atoms with Crippen molar-refractivity contribution >= 4 is 11.9 Å². The highest BCUT2D eigenvalue weighted by molar-refractivity contribution is 5.85. The lowest BCUT2D eigenvalue weighted by Crippen LogP contribution is -2.48. The van der Waals surface area contributed by atoms with E-state index in [0.717, 1.165) is 24.2 Å². The highest BCUT2D eigenvalue weighted by Crippen LogP contribution is 2.47. The molecule has 1 aromatic carbocycles. The predicted octanol–water partition coefficient (Wildman–Crippen LogP) is 2.22. The van der Waals surface area contributed by atoms with E-state index in [4.69, 9.17) is 9.47 Å². The van der Waals surface area contributed by atoms with E-state index in [0.29, 0.717) is 26.1 Å². The second-order valence-electron chi connectivity index (χ2n) is 7.73. The zero-order valence-corrected chi connectivity index (χ0v) is 16.8. The monoisotopic (exact) mass is 390 g/mol. The van der Waals surface area contributed by atoms with Gasteiger partial charge >= 0.3 is 5.97 Å². The van der Waals surface area contributed by atoms with E-state index in [1.807, 2.05) is 43.1 Å². The topological polar surface area (TPSA) is 88.1 Å². The maximum Gasteiger partial charge on any atom is 0.324 e. The van der Waals surface area contributed by atoms with Crippen LogP contribution in [0, 0.1) is 5.92 Å². The van der Waals surface area contributed by atoms with Crippen LogP contribution in [0.4, 0.5) is 0 Å². The zero-order chi connectivity index (χ0) is 20.3. The van der Waals surface area contributed by atoms with Crippen molar-refractivity contribution in [2.24, 2.45) is 5.92 Å². The van der Waals surface area contributed by atoms with Gasteiger partial charge in [-0.25, -0.2) is 0 Å². The number of methoxy groups -OCH3 is 1. The molecule has 0 spiro atoms. The molecule has 0 aliphatic carbocycles. The van der Waals surface area contributed by atoms with Crippen LogP contribution in [0.5, 0.6) is 5.75 Å². The van der Waals surface area contributed by atoms with Gasteiger partial charge in [0.15, 0.2) is 0 Å². The molecule has 28 heavy (non-hydrogen) atoms. The maximum absolute atomic E-state index is 13.2. The van der Waals surface area contributed by atoms with E-state index < -0.39 is 17.4 Å². The average Bonchev–Trinajstić information content (AvgIpc) is 3.02. The van der Waals surface area contributed by atoms with Crippen molar-refractivity contribution in [3.8, 4) is 5.75 Å². The van der Waals surface area contributed by atoms with E-state index in [2.05, 4.69) is 5.32 Å². The number of nitrogens with zero attached hydrogens (tertiary/aromatic N) is 1. The predicted molar refractivity (Wildman–Crippen MR) is 104 cm³/mol. The molecule has 0 unspecified atom stereocenters. The molecule has 2 aliphatic rings. The summed E-state index contributed by atoms with van der Waals surface area (Å²) in [5.41, 5.74) is -0.130. The fourth-order valence-electron chi connectivity index (χ4n) is 4.58. The van der Waals surface area contributed by atoms with Crippen LogP contribution in [-0.2, 0) is 14.3 Å². The van der Waals surface area contributed by atoms with Crippen LogP contribution in [0.3, 0.4) is 0 Å². The Labute approximate surface area is 166 Å². The third-order valence-corrected chi connectivity index (χ3v) is 6.38. The lowest BCUT2D eigenvalue weighted by atomic mass is 9.86. The number of benzene rings is 1. The van der Waals surface area contributed by atoms with Crippen LogP contribution in [-0.4, -0.2) is 60.8 Å². The summed E-state index contributed by atoms with van der Waals surface area (Å²) >= 11 is 0. The molecule has 7 nitrogen and oxygen atoms in total. The Morgan fingerprint density at radius 3 is 2.46 bits per heavy atom. The smallest absolute Gasteiger partial charge is 0.324 e. The van der Waals surface area contributed by atoms with Crippen LogP contribution >= 0.6 is 0 Å². The molecule has 2 fully saturated rings. The van der Waals surface area contributed by atoms with E-state index in [1.54, 1.807) is 7.11 Å². The molecule has 0 aromatic heterocycles. The van der Waals surface area contributed by atoms with Gasteiger partial charge in [-0.3, -0.25) is 14.5 Å². The van der Waals surface area contributed by atoms with Crippen molar-refractivity contribution in [1.82, 2.24) is 10.2 Å². The molecule has 0 radical (unpaired) electrons. The van der Waals surface area contributed by atoms with Gasteiger partial charge in [0.05, 0.1) is 13.0 Å². The molecule has 3 atom stereocenters. The number of hydrogen-bond donors (Lipinski definition) is 2. The fraction of sp³-hybridized carbons (Fsp3) is 0.619. The van der Waals surface area contributed by atoms with Crippen molar-refractivity contribution in [2.45, 2.75) is 50.2 Å². The molecule has 0 bridgehead atoms. The highest BCUT2D eigenvalue weighted by atomic mass is 16.5. The van der Waals surface area contributed by atoms with Gasteiger partial charge in [0.2, 0.25) is 5.91 Å².